The maximum absolute atomic E-state index is 5.41. The summed E-state index contributed by atoms with van der Waals surface area (Å²) in [6.07, 6.45) is 2.86. The number of nitrogens with one attached hydrogen (secondary N) is 1. The van der Waals surface area contributed by atoms with Gasteiger partial charge in [0.1, 0.15) is 0 Å². The zero-order valence-electron chi connectivity index (χ0n) is 8.92. The van der Waals surface area contributed by atoms with Crippen LogP contribution < -0.4 is 5.32 Å². The van der Waals surface area contributed by atoms with Crippen LogP contribution >= 0.6 is 0 Å². The number of ether oxygens (including phenoxy) is 1. The summed E-state index contributed by atoms with van der Waals surface area (Å²) in [6.45, 7) is 6.51. The first-order valence-electron chi connectivity index (χ1n) is 5.13. The maximum atomic E-state index is 5.41. The third kappa shape index (κ3) is 3.75. The Balaban J connectivity index is 2.46. The van der Waals surface area contributed by atoms with Gasteiger partial charge < -0.3 is 10.1 Å². The molecule has 3 nitrogen and oxygen atoms in total. The largest absolute Gasteiger partial charge is 0.385 e. The second-order valence-corrected chi connectivity index (χ2v) is 3.12. The van der Waals surface area contributed by atoms with Gasteiger partial charge in [0.15, 0.2) is 0 Å². The molecule has 0 aliphatic heterocycles. The number of hydrogen-bond donors (Lipinski definition) is 1. The Labute approximate surface area is 85.5 Å². The van der Waals surface area contributed by atoms with Crippen molar-refractivity contribution < 1.29 is 4.74 Å². The highest BCUT2D eigenvalue weighted by molar-refractivity contribution is 5.42. The fourth-order valence-corrected chi connectivity index (χ4v) is 1.19. The second-order valence-electron chi connectivity index (χ2n) is 3.12. The lowest BCUT2D eigenvalue weighted by atomic mass is 10.3. The molecule has 0 unspecified atom stereocenters. The molecular formula is C11H18N2O. The molecule has 0 radical (unpaired) electrons. The van der Waals surface area contributed by atoms with Crippen molar-refractivity contribution in [3.63, 3.8) is 0 Å². The number of rotatable bonds is 6. The van der Waals surface area contributed by atoms with Crippen molar-refractivity contribution >= 4 is 5.69 Å². The standard InChI is InChI=1S/C11H18N2O/c1-3-7-14-9-11-8-10(12-4-2)5-6-13-11/h5-6,8H,3-4,7,9H2,1-2H3,(H,12,13). The third-order valence-electron chi connectivity index (χ3n) is 1.80. The van der Waals surface area contributed by atoms with Crippen LogP contribution in [0.2, 0.25) is 0 Å². The van der Waals surface area contributed by atoms with Crippen molar-refractivity contribution in [2.45, 2.75) is 26.9 Å². The molecule has 1 aromatic rings. The summed E-state index contributed by atoms with van der Waals surface area (Å²) < 4.78 is 5.41. The summed E-state index contributed by atoms with van der Waals surface area (Å²) in [5.41, 5.74) is 2.09. The minimum absolute atomic E-state index is 0.604. The van der Waals surface area contributed by atoms with Gasteiger partial charge in [-0.3, -0.25) is 4.98 Å². The van der Waals surface area contributed by atoms with Gasteiger partial charge in [0.05, 0.1) is 12.3 Å². The van der Waals surface area contributed by atoms with Gasteiger partial charge in [0.25, 0.3) is 0 Å². The zero-order chi connectivity index (χ0) is 10.2. The van der Waals surface area contributed by atoms with E-state index in [-0.39, 0.29) is 0 Å². The van der Waals surface area contributed by atoms with Crippen LogP contribution in [0.15, 0.2) is 18.3 Å². The fraction of sp³-hybridized carbons (Fsp3) is 0.545. The molecule has 1 N–H and O–H groups in total. The highest BCUT2D eigenvalue weighted by Gasteiger charge is 1.96. The van der Waals surface area contributed by atoms with Crippen molar-refractivity contribution in [1.82, 2.24) is 4.98 Å². The van der Waals surface area contributed by atoms with Gasteiger partial charge in [-0.05, 0) is 25.5 Å². The molecule has 78 valence electrons. The Bertz CT molecular complexity index is 263. The van der Waals surface area contributed by atoms with Crippen molar-refractivity contribution in [3.8, 4) is 0 Å². The molecule has 14 heavy (non-hydrogen) atoms. The minimum atomic E-state index is 0.604. The summed E-state index contributed by atoms with van der Waals surface area (Å²) in [5.74, 6) is 0. The number of nitrogens with zero attached hydrogens (tertiary/aromatic N) is 1. The lowest BCUT2D eigenvalue weighted by molar-refractivity contribution is 0.119. The molecule has 0 bridgehead atoms. The highest BCUT2D eigenvalue weighted by atomic mass is 16.5. The Morgan fingerprint density at radius 1 is 1.43 bits per heavy atom. The number of anilines is 1. The quantitative estimate of drug-likeness (QED) is 0.706. The Kier molecular flexibility index (Phi) is 5.00. The molecule has 0 atom stereocenters. The summed E-state index contributed by atoms with van der Waals surface area (Å²) >= 11 is 0. The molecule has 1 rings (SSSR count). The summed E-state index contributed by atoms with van der Waals surface area (Å²) in [4.78, 5) is 4.23. The first kappa shape index (κ1) is 11.0. The van der Waals surface area contributed by atoms with Gasteiger partial charge in [0.2, 0.25) is 0 Å². The van der Waals surface area contributed by atoms with Gasteiger partial charge in [-0.15, -0.1) is 0 Å². The molecule has 0 aliphatic carbocycles. The molecule has 3 heteroatoms. The van der Waals surface area contributed by atoms with Gasteiger partial charge in [-0.1, -0.05) is 6.92 Å². The van der Waals surface area contributed by atoms with E-state index in [0.717, 1.165) is 31.0 Å². The minimum Gasteiger partial charge on any atom is -0.385 e. The predicted octanol–water partition coefficient (Wildman–Crippen LogP) is 2.44. The van der Waals surface area contributed by atoms with Crippen LogP contribution in [0.3, 0.4) is 0 Å². The molecular weight excluding hydrogens is 176 g/mol. The lowest BCUT2D eigenvalue weighted by Gasteiger charge is -2.05. The van der Waals surface area contributed by atoms with Gasteiger partial charge in [-0.2, -0.15) is 0 Å². The van der Waals surface area contributed by atoms with E-state index in [4.69, 9.17) is 4.74 Å². The van der Waals surface area contributed by atoms with Crippen molar-refractivity contribution in [2.24, 2.45) is 0 Å². The summed E-state index contributed by atoms with van der Waals surface area (Å²) in [5, 5.41) is 3.24. The van der Waals surface area contributed by atoms with Crippen LogP contribution in [-0.2, 0) is 11.3 Å². The highest BCUT2D eigenvalue weighted by Crippen LogP contribution is 2.08. The van der Waals surface area contributed by atoms with E-state index >= 15 is 0 Å². The van der Waals surface area contributed by atoms with Crippen LogP contribution in [-0.4, -0.2) is 18.1 Å². The maximum Gasteiger partial charge on any atom is 0.0888 e. The van der Waals surface area contributed by atoms with E-state index in [0.29, 0.717) is 6.61 Å². The Morgan fingerprint density at radius 3 is 3.00 bits per heavy atom. The predicted molar refractivity (Wildman–Crippen MR) is 58.3 cm³/mol. The summed E-state index contributed by atoms with van der Waals surface area (Å²) in [7, 11) is 0. The van der Waals surface area contributed by atoms with Crippen LogP contribution in [0.4, 0.5) is 5.69 Å². The monoisotopic (exact) mass is 194 g/mol. The molecule has 0 saturated heterocycles. The molecule has 0 saturated carbocycles. The van der Waals surface area contributed by atoms with Crippen LogP contribution in [0.1, 0.15) is 26.0 Å². The van der Waals surface area contributed by atoms with E-state index < -0.39 is 0 Å². The van der Waals surface area contributed by atoms with Crippen LogP contribution in [0.25, 0.3) is 0 Å². The van der Waals surface area contributed by atoms with Gasteiger partial charge >= 0.3 is 0 Å². The van der Waals surface area contributed by atoms with E-state index in [2.05, 4.69) is 24.1 Å². The fourth-order valence-electron chi connectivity index (χ4n) is 1.19. The first-order chi connectivity index (χ1) is 6.86. The molecule has 0 fully saturated rings. The Hall–Kier alpha value is -1.09. The smallest absolute Gasteiger partial charge is 0.0888 e. The first-order valence-corrected chi connectivity index (χ1v) is 5.13. The molecule has 0 spiro atoms. The molecule has 1 aromatic heterocycles. The van der Waals surface area contributed by atoms with Crippen LogP contribution in [0.5, 0.6) is 0 Å². The van der Waals surface area contributed by atoms with Gasteiger partial charge in [-0.25, -0.2) is 0 Å². The van der Waals surface area contributed by atoms with Crippen molar-refractivity contribution in [3.05, 3.63) is 24.0 Å². The average molecular weight is 194 g/mol. The van der Waals surface area contributed by atoms with E-state index in [1.54, 1.807) is 0 Å². The van der Waals surface area contributed by atoms with E-state index in [1.165, 1.54) is 0 Å². The SMILES string of the molecule is CCCOCc1cc(NCC)ccn1. The van der Waals surface area contributed by atoms with E-state index in [1.807, 2.05) is 18.3 Å². The zero-order valence-corrected chi connectivity index (χ0v) is 8.92. The van der Waals surface area contributed by atoms with E-state index in [9.17, 15) is 0 Å². The average Bonchev–Trinajstić information content (AvgIpc) is 2.19. The Morgan fingerprint density at radius 2 is 2.29 bits per heavy atom. The molecule has 1 heterocycles. The second kappa shape index (κ2) is 6.38. The normalized spacial score (nSPS) is 10.1. The number of hydrogen-bond acceptors (Lipinski definition) is 3. The number of pyridine rings is 1. The van der Waals surface area contributed by atoms with Gasteiger partial charge in [0, 0.05) is 25.0 Å². The lowest BCUT2D eigenvalue weighted by Crippen LogP contribution is -2.00. The molecule has 0 aromatic carbocycles. The number of aromatic nitrogens is 1. The summed E-state index contributed by atoms with van der Waals surface area (Å²) in [6, 6.07) is 3.99. The van der Waals surface area contributed by atoms with Crippen molar-refractivity contribution in [2.75, 3.05) is 18.5 Å². The molecule has 0 amide bonds. The van der Waals surface area contributed by atoms with Crippen LogP contribution in [0, 0.1) is 0 Å². The molecule has 0 aliphatic rings. The topological polar surface area (TPSA) is 34.1 Å². The van der Waals surface area contributed by atoms with Crippen molar-refractivity contribution in [1.29, 1.82) is 0 Å². The third-order valence-corrected chi connectivity index (χ3v) is 1.80.